The molecule has 0 bridgehead atoms. The second-order valence-corrected chi connectivity index (χ2v) is 12.0. The summed E-state index contributed by atoms with van der Waals surface area (Å²) in [6.45, 7) is 0. The molecule has 0 atom stereocenters. The molecule has 0 aliphatic heterocycles. The average Bonchev–Trinajstić information content (AvgIpc) is 3.76. The minimum absolute atomic E-state index is 1.10. The molecule has 0 fully saturated rings. The molecule has 2 aromatic heterocycles. The average molecular weight is 617 g/mol. The van der Waals surface area contributed by atoms with Crippen molar-refractivity contribution in [3.8, 4) is 45.0 Å². The molecule has 0 amide bonds. The molecule has 48 heavy (non-hydrogen) atoms. The number of nitrogens with zero attached hydrogens (tertiary/aromatic N) is 4. The van der Waals surface area contributed by atoms with Crippen LogP contribution in [0, 0.1) is 0 Å². The summed E-state index contributed by atoms with van der Waals surface area (Å²) in [6, 6.07) is 64.6. The van der Waals surface area contributed by atoms with Crippen LogP contribution in [0.25, 0.3) is 67.1 Å². The third kappa shape index (κ3) is 4.88. The van der Waals surface area contributed by atoms with Crippen LogP contribution in [0.4, 0.5) is 0 Å². The Bertz CT molecular complexity index is 2350. The molecule has 0 aliphatic carbocycles. The quantitative estimate of drug-likeness (QED) is 0.166. The third-order valence-electron chi connectivity index (χ3n) is 9.15. The molecule has 0 saturated carbocycles. The summed E-state index contributed by atoms with van der Waals surface area (Å²) < 4.78 is 9.11. The molecule has 0 spiro atoms. The van der Waals surface area contributed by atoms with Crippen LogP contribution in [0.3, 0.4) is 0 Å². The van der Waals surface area contributed by atoms with Crippen molar-refractivity contribution in [1.29, 1.82) is 0 Å². The Hall–Kier alpha value is -6.52. The lowest BCUT2D eigenvalue weighted by molar-refractivity contribution is -0.568. The van der Waals surface area contributed by atoms with Gasteiger partial charge in [0.25, 0.3) is 12.7 Å². The molecule has 9 rings (SSSR count). The van der Waals surface area contributed by atoms with Gasteiger partial charge < -0.3 is 0 Å². The van der Waals surface area contributed by atoms with E-state index in [0.717, 1.165) is 44.8 Å². The van der Waals surface area contributed by atoms with Gasteiger partial charge in [0, 0.05) is 6.07 Å². The van der Waals surface area contributed by atoms with Gasteiger partial charge >= 0.3 is 0 Å². The van der Waals surface area contributed by atoms with Crippen LogP contribution in [0.5, 0.6) is 0 Å². The van der Waals surface area contributed by atoms with Crippen molar-refractivity contribution in [1.82, 2.24) is 9.13 Å². The standard InChI is InChI=1S/C44H32N4/c1-3-12-33(13-4-1)35-22-26-37(27-23-35)45-31-47(43-20-9-7-18-41(43)45)39-16-11-17-40(30-39)48-32-46(42-19-8-10-21-44(42)48)38-28-24-36(25-29-38)34-14-5-2-6-15-34/h1-32H/q+2. The molecular formula is C44H32N4+2. The van der Waals surface area contributed by atoms with E-state index < -0.39 is 0 Å². The van der Waals surface area contributed by atoms with E-state index in [1.54, 1.807) is 0 Å². The molecule has 4 nitrogen and oxygen atoms in total. The van der Waals surface area contributed by atoms with Gasteiger partial charge in [-0.3, -0.25) is 0 Å². The van der Waals surface area contributed by atoms with E-state index in [9.17, 15) is 0 Å². The lowest BCUT2D eigenvalue weighted by atomic mass is 10.1. The summed E-state index contributed by atoms with van der Waals surface area (Å²) in [4.78, 5) is 0. The zero-order chi connectivity index (χ0) is 31.9. The maximum absolute atomic E-state index is 2.28. The van der Waals surface area contributed by atoms with Crippen molar-refractivity contribution in [2.45, 2.75) is 0 Å². The van der Waals surface area contributed by atoms with E-state index in [2.05, 4.69) is 213 Å². The summed E-state index contributed by atoms with van der Waals surface area (Å²) in [5.74, 6) is 0. The lowest BCUT2D eigenvalue weighted by Gasteiger charge is -2.03. The summed E-state index contributed by atoms with van der Waals surface area (Å²) >= 11 is 0. The topological polar surface area (TPSA) is 17.6 Å². The molecule has 4 heteroatoms. The van der Waals surface area contributed by atoms with Gasteiger partial charge in [0.1, 0.15) is 22.7 Å². The van der Waals surface area contributed by atoms with E-state index >= 15 is 0 Å². The van der Waals surface area contributed by atoms with Crippen LogP contribution >= 0.6 is 0 Å². The number of para-hydroxylation sites is 4. The highest BCUT2D eigenvalue weighted by atomic mass is 15.2. The van der Waals surface area contributed by atoms with Crippen LogP contribution < -0.4 is 9.13 Å². The molecule has 9 aromatic rings. The van der Waals surface area contributed by atoms with Crippen LogP contribution in [-0.4, -0.2) is 9.13 Å². The SMILES string of the molecule is c1ccc(-c2ccc(-[n+]3cn(-c4cccc(-n5c[n+](-c6ccc(-c7ccccc7)cc6)c6ccccc65)c4)c4ccccc43)cc2)cc1. The fourth-order valence-corrected chi connectivity index (χ4v) is 6.73. The van der Waals surface area contributed by atoms with Crippen LogP contribution in [0.2, 0.25) is 0 Å². The molecule has 0 N–H and O–H groups in total. The van der Waals surface area contributed by atoms with Crippen molar-refractivity contribution >= 4 is 22.1 Å². The Balaban J connectivity index is 1.11. The number of fused-ring (bicyclic) bond motifs is 2. The first kappa shape index (κ1) is 27.8. The highest BCUT2D eigenvalue weighted by molar-refractivity contribution is 5.77. The predicted molar refractivity (Wildman–Crippen MR) is 194 cm³/mol. The van der Waals surface area contributed by atoms with Gasteiger partial charge in [-0.15, -0.1) is 0 Å². The highest BCUT2D eigenvalue weighted by Gasteiger charge is 2.22. The van der Waals surface area contributed by atoms with E-state index in [1.807, 2.05) is 0 Å². The minimum atomic E-state index is 1.10. The van der Waals surface area contributed by atoms with E-state index in [0.29, 0.717) is 0 Å². The number of benzene rings is 7. The zero-order valence-corrected chi connectivity index (χ0v) is 26.3. The van der Waals surface area contributed by atoms with Gasteiger partial charge in [-0.1, -0.05) is 115 Å². The van der Waals surface area contributed by atoms with Crippen molar-refractivity contribution in [3.05, 3.63) is 195 Å². The summed E-state index contributed by atoms with van der Waals surface area (Å²) in [7, 11) is 0. The summed E-state index contributed by atoms with van der Waals surface area (Å²) in [5, 5.41) is 0. The van der Waals surface area contributed by atoms with Gasteiger partial charge in [0.15, 0.2) is 22.1 Å². The summed E-state index contributed by atoms with van der Waals surface area (Å²) in [6.07, 6.45) is 4.40. The highest BCUT2D eigenvalue weighted by Crippen LogP contribution is 2.26. The van der Waals surface area contributed by atoms with Gasteiger partial charge in [-0.25, -0.2) is 0 Å². The molecule has 0 aliphatic rings. The second-order valence-electron chi connectivity index (χ2n) is 12.0. The molecule has 0 radical (unpaired) electrons. The monoisotopic (exact) mass is 616 g/mol. The Kier molecular flexibility index (Phi) is 6.76. The second kappa shape index (κ2) is 11.7. The molecule has 226 valence electrons. The van der Waals surface area contributed by atoms with Crippen LogP contribution in [-0.2, 0) is 0 Å². The zero-order valence-electron chi connectivity index (χ0n) is 26.3. The van der Waals surface area contributed by atoms with Gasteiger partial charge in [0.05, 0.1) is 0 Å². The normalized spacial score (nSPS) is 11.3. The van der Waals surface area contributed by atoms with Gasteiger partial charge in [-0.2, -0.15) is 18.3 Å². The number of aromatic nitrogens is 4. The van der Waals surface area contributed by atoms with Crippen LogP contribution in [0.1, 0.15) is 0 Å². The minimum Gasteiger partial charge on any atom is -0.195 e. The van der Waals surface area contributed by atoms with Crippen molar-refractivity contribution in [3.63, 3.8) is 0 Å². The first-order chi connectivity index (χ1) is 23.8. The van der Waals surface area contributed by atoms with Crippen molar-refractivity contribution in [2.24, 2.45) is 0 Å². The fraction of sp³-hybridized carbons (Fsp3) is 0. The van der Waals surface area contributed by atoms with E-state index in [1.165, 1.54) is 22.3 Å². The molecule has 0 saturated heterocycles. The third-order valence-corrected chi connectivity index (χ3v) is 9.15. The Morgan fingerprint density at radius 1 is 0.312 bits per heavy atom. The van der Waals surface area contributed by atoms with Gasteiger partial charge in [-0.05, 0) is 82.9 Å². The molecule has 0 unspecified atom stereocenters. The Morgan fingerprint density at radius 3 is 1.12 bits per heavy atom. The maximum Gasteiger partial charge on any atom is 0.255 e. The Morgan fingerprint density at radius 2 is 0.688 bits per heavy atom. The first-order valence-electron chi connectivity index (χ1n) is 16.3. The van der Waals surface area contributed by atoms with Crippen LogP contribution in [0.15, 0.2) is 195 Å². The number of hydrogen-bond donors (Lipinski definition) is 0. The summed E-state index contributed by atoms with van der Waals surface area (Å²) in [5.41, 5.74) is 13.9. The Labute approximate surface area is 279 Å². The largest absolute Gasteiger partial charge is 0.255 e. The smallest absolute Gasteiger partial charge is 0.195 e. The number of rotatable bonds is 6. The van der Waals surface area contributed by atoms with E-state index in [4.69, 9.17) is 0 Å². The predicted octanol–water partition coefficient (Wildman–Crippen LogP) is 9.46. The fourth-order valence-electron chi connectivity index (χ4n) is 6.73. The van der Waals surface area contributed by atoms with E-state index in [-0.39, 0.29) is 0 Å². The molecular weight excluding hydrogens is 585 g/mol. The first-order valence-corrected chi connectivity index (χ1v) is 16.3. The van der Waals surface area contributed by atoms with Crippen molar-refractivity contribution < 1.29 is 9.13 Å². The maximum atomic E-state index is 2.28. The number of hydrogen-bond acceptors (Lipinski definition) is 0. The number of imidazole rings is 2. The van der Waals surface area contributed by atoms with Crippen molar-refractivity contribution in [2.75, 3.05) is 0 Å². The molecule has 2 heterocycles. The lowest BCUT2D eigenvalue weighted by Crippen LogP contribution is -2.28. The van der Waals surface area contributed by atoms with Gasteiger partial charge in [0.2, 0.25) is 0 Å². The molecule has 7 aromatic carbocycles.